The fraction of sp³-hybridized carbons (Fsp3) is 0.316. The zero-order valence-electron chi connectivity index (χ0n) is 14.2. The summed E-state index contributed by atoms with van der Waals surface area (Å²) in [5.74, 6) is 0.580. The van der Waals surface area contributed by atoms with E-state index in [2.05, 4.69) is 16.0 Å². The molecule has 0 saturated carbocycles. The van der Waals surface area contributed by atoms with E-state index < -0.39 is 5.60 Å². The van der Waals surface area contributed by atoms with E-state index in [9.17, 15) is 9.90 Å². The van der Waals surface area contributed by atoms with Gasteiger partial charge in [-0.2, -0.15) is 0 Å². The van der Waals surface area contributed by atoms with Gasteiger partial charge >= 0.3 is 6.03 Å². The number of β-amino-alcohol motifs (C(OH)–C–C–N with tert-alkyl or cyclic N) is 1. The van der Waals surface area contributed by atoms with E-state index in [-0.39, 0.29) is 12.6 Å². The van der Waals surface area contributed by atoms with Crippen molar-refractivity contribution in [2.45, 2.75) is 12.0 Å². The molecule has 1 aliphatic rings. The van der Waals surface area contributed by atoms with E-state index in [4.69, 9.17) is 4.74 Å². The Morgan fingerprint density at radius 3 is 2.72 bits per heavy atom. The number of amides is 2. The van der Waals surface area contributed by atoms with Crippen molar-refractivity contribution in [3.8, 4) is 16.9 Å². The molecule has 0 aliphatic carbocycles. The van der Waals surface area contributed by atoms with Crippen molar-refractivity contribution in [1.82, 2.24) is 10.6 Å². The molecule has 6 nitrogen and oxygen atoms in total. The third-order valence-electron chi connectivity index (χ3n) is 4.35. The summed E-state index contributed by atoms with van der Waals surface area (Å²) in [5.41, 5.74) is 1.74. The SMILES string of the molecule is COc1ccc(-c2ccccc2)cc1NC(=O)NC[C@@]1(O)CCNC1. The van der Waals surface area contributed by atoms with Gasteiger partial charge in [-0.05, 0) is 36.2 Å². The normalized spacial score (nSPS) is 19.4. The van der Waals surface area contributed by atoms with Crippen molar-refractivity contribution < 1.29 is 14.6 Å². The van der Waals surface area contributed by atoms with Crippen LogP contribution in [0.25, 0.3) is 11.1 Å². The van der Waals surface area contributed by atoms with Crippen LogP contribution in [0.1, 0.15) is 6.42 Å². The minimum Gasteiger partial charge on any atom is -0.495 e. The van der Waals surface area contributed by atoms with Crippen LogP contribution in [0.2, 0.25) is 0 Å². The van der Waals surface area contributed by atoms with Crippen LogP contribution in [0.15, 0.2) is 48.5 Å². The molecule has 1 saturated heterocycles. The molecular formula is C19H23N3O3. The van der Waals surface area contributed by atoms with E-state index in [0.29, 0.717) is 24.4 Å². The second-order valence-corrected chi connectivity index (χ2v) is 6.24. The highest BCUT2D eigenvalue weighted by Crippen LogP contribution is 2.30. The van der Waals surface area contributed by atoms with Crippen LogP contribution in [-0.2, 0) is 0 Å². The average molecular weight is 341 g/mol. The number of urea groups is 1. The lowest BCUT2D eigenvalue weighted by molar-refractivity contribution is 0.0640. The number of nitrogens with one attached hydrogen (secondary N) is 3. The number of hydrogen-bond acceptors (Lipinski definition) is 4. The van der Waals surface area contributed by atoms with Crippen molar-refractivity contribution in [3.05, 3.63) is 48.5 Å². The quantitative estimate of drug-likeness (QED) is 0.672. The first-order valence-electron chi connectivity index (χ1n) is 8.31. The lowest BCUT2D eigenvalue weighted by Crippen LogP contribution is -2.45. The molecule has 132 valence electrons. The van der Waals surface area contributed by atoms with Crippen molar-refractivity contribution in [3.63, 3.8) is 0 Å². The Bertz CT molecular complexity index is 728. The first-order valence-corrected chi connectivity index (χ1v) is 8.31. The van der Waals surface area contributed by atoms with E-state index in [1.54, 1.807) is 7.11 Å². The van der Waals surface area contributed by atoms with Crippen LogP contribution in [0, 0.1) is 0 Å². The van der Waals surface area contributed by atoms with Gasteiger partial charge in [0.25, 0.3) is 0 Å². The van der Waals surface area contributed by atoms with E-state index in [1.165, 1.54) is 0 Å². The van der Waals surface area contributed by atoms with Gasteiger partial charge < -0.3 is 25.8 Å². The third-order valence-corrected chi connectivity index (χ3v) is 4.35. The molecule has 0 radical (unpaired) electrons. The van der Waals surface area contributed by atoms with Crippen molar-refractivity contribution >= 4 is 11.7 Å². The molecule has 2 aromatic rings. The minimum atomic E-state index is -0.882. The van der Waals surface area contributed by atoms with Gasteiger partial charge in [-0.25, -0.2) is 4.79 Å². The fourth-order valence-corrected chi connectivity index (χ4v) is 2.91. The summed E-state index contributed by atoms with van der Waals surface area (Å²) in [4.78, 5) is 12.2. The van der Waals surface area contributed by atoms with Gasteiger partial charge in [0.1, 0.15) is 5.75 Å². The largest absolute Gasteiger partial charge is 0.495 e. The van der Waals surface area contributed by atoms with Gasteiger partial charge in [0.05, 0.1) is 18.4 Å². The Balaban J connectivity index is 1.70. The fourth-order valence-electron chi connectivity index (χ4n) is 2.91. The molecular weight excluding hydrogens is 318 g/mol. The summed E-state index contributed by atoms with van der Waals surface area (Å²) in [6.07, 6.45) is 0.625. The van der Waals surface area contributed by atoms with Crippen LogP contribution in [0.3, 0.4) is 0 Å². The standard InChI is InChI=1S/C19H23N3O3/c1-25-17-8-7-15(14-5-3-2-4-6-14)11-16(17)22-18(23)21-13-19(24)9-10-20-12-19/h2-8,11,20,24H,9-10,12-13H2,1H3,(H2,21,22,23)/t19-/m1/s1. The Hall–Kier alpha value is -2.57. The number of methoxy groups -OCH3 is 1. The van der Waals surface area contributed by atoms with Crippen LogP contribution >= 0.6 is 0 Å². The Morgan fingerprint density at radius 2 is 2.04 bits per heavy atom. The highest BCUT2D eigenvalue weighted by atomic mass is 16.5. The van der Waals surface area contributed by atoms with Crippen LogP contribution in [-0.4, -0.2) is 43.5 Å². The molecule has 0 spiro atoms. The predicted molar refractivity (Wildman–Crippen MR) is 97.9 cm³/mol. The number of benzene rings is 2. The first-order chi connectivity index (χ1) is 12.1. The van der Waals surface area contributed by atoms with E-state index in [1.807, 2.05) is 48.5 Å². The first kappa shape index (κ1) is 17.3. The molecule has 2 aromatic carbocycles. The van der Waals surface area contributed by atoms with Crippen LogP contribution in [0.4, 0.5) is 10.5 Å². The molecule has 1 heterocycles. The molecule has 1 atom stereocenters. The maximum Gasteiger partial charge on any atom is 0.319 e. The van der Waals surface area contributed by atoms with E-state index >= 15 is 0 Å². The van der Waals surface area contributed by atoms with Gasteiger partial charge in [0.15, 0.2) is 0 Å². The number of aliphatic hydroxyl groups is 1. The summed E-state index contributed by atoms with van der Waals surface area (Å²) in [6, 6.07) is 15.2. The van der Waals surface area contributed by atoms with Crippen molar-refractivity contribution in [2.24, 2.45) is 0 Å². The molecule has 2 amide bonds. The van der Waals surface area contributed by atoms with Gasteiger partial charge in [0, 0.05) is 13.1 Å². The number of anilines is 1. The number of carbonyl (C=O) groups is 1. The Labute approximate surface area is 147 Å². The predicted octanol–water partition coefficient (Wildman–Crippen LogP) is 2.21. The van der Waals surface area contributed by atoms with Crippen molar-refractivity contribution in [2.75, 3.05) is 32.1 Å². The van der Waals surface area contributed by atoms with E-state index in [0.717, 1.165) is 17.7 Å². The summed E-state index contributed by atoms with van der Waals surface area (Å²) >= 11 is 0. The highest BCUT2D eigenvalue weighted by Gasteiger charge is 2.31. The second kappa shape index (κ2) is 7.55. The summed E-state index contributed by atoms with van der Waals surface area (Å²) < 4.78 is 5.33. The van der Waals surface area contributed by atoms with Crippen LogP contribution < -0.4 is 20.7 Å². The summed E-state index contributed by atoms with van der Waals surface area (Å²) in [6.45, 7) is 1.44. The maximum atomic E-state index is 12.2. The van der Waals surface area contributed by atoms with Crippen molar-refractivity contribution in [1.29, 1.82) is 0 Å². The maximum absolute atomic E-state index is 12.2. The second-order valence-electron chi connectivity index (χ2n) is 6.24. The minimum absolute atomic E-state index is 0.201. The topological polar surface area (TPSA) is 82.6 Å². The number of hydrogen-bond donors (Lipinski definition) is 4. The third kappa shape index (κ3) is 4.29. The lowest BCUT2D eigenvalue weighted by Gasteiger charge is -2.22. The Kier molecular flexibility index (Phi) is 5.21. The van der Waals surface area contributed by atoms with Gasteiger partial charge in [-0.15, -0.1) is 0 Å². The summed E-state index contributed by atoms with van der Waals surface area (Å²) in [5, 5.41) is 18.9. The number of carbonyl (C=O) groups excluding carboxylic acids is 1. The van der Waals surface area contributed by atoms with Crippen LogP contribution in [0.5, 0.6) is 5.75 Å². The monoisotopic (exact) mass is 341 g/mol. The number of rotatable bonds is 5. The van der Waals surface area contributed by atoms with Gasteiger partial charge in [-0.1, -0.05) is 36.4 Å². The van der Waals surface area contributed by atoms with Gasteiger partial charge in [-0.3, -0.25) is 0 Å². The molecule has 6 heteroatoms. The zero-order valence-corrected chi connectivity index (χ0v) is 14.2. The molecule has 0 bridgehead atoms. The molecule has 25 heavy (non-hydrogen) atoms. The molecule has 0 unspecified atom stereocenters. The van der Waals surface area contributed by atoms with Gasteiger partial charge in [0.2, 0.25) is 0 Å². The molecule has 0 aromatic heterocycles. The highest BCUT2D eigenvalue weighted by molar-refractivity contribution is 5.92. The Morgan fingerprint density at radius 1 is 1.24 bits per heavy atom. The molecule has 4 N–H and O–H groups in total. The average Bonchev–Trinajstić information content (AvgIpc) is 3.08. The lowest BCUT2D eigenvalue weighted by atomic mass is 10.0. The number of ether oxygens (including phenoxy) is 1. The molecule has 3 rings (SSSR count). The molecule has 1 fully saturated rings. The molecule has 1 aliphatic heterocycles. The summed E-state index contributed by atoms with van der Waals surface area (Å²) in [7, 11) is 1.56. The zero-order chi connectivity index (χ0) is 17.7. The smallest absolute Gasteiger partial charge is 0.319 e.